The summed E-state index contributed by atoms with van der Waals surface area (Å²) in [6.07, 6.45) is 0. The van der Waals surface area contributed by atoms with Crippen LogP contribution in [0.3, 0.4) is 0 Å². The molecule has 5 heteroatoms. The highest BCUT2D eigenvalue weighted by molar-refractivity contribution is 7.84. The van der Waals surface area contributed by atoms with Crippen molar-refractivity contribution in [2.24, 2.45) is 5.73 Å². The van der Waals surface area contributed by atoms with Gasteiger partial charge in [-0.25, -0.2) is 0 Å². The van der Waals surface area contributed by atoms with Crippen LogP contribution in [0.1, 0.15) is 5.56 Å². The van der Waals surface area contributed by atoms with E-state index in [1.54, 1.807) is 11.3 Å². The lowest BCUT2D eigenvalue weighted by molar-refractivity contribution is -0.115. The molecule has 0 radical (unpaired) electrons. The Balaban J connectivity index is 2.13. The van der Waals surface area contributed by atoms with E-state index in [1.807, 2.05) is 35.7 Å². The fourth-order valence-electron chi connectivity index (χ4n) is 1.66. The molecule has 0 bridgehead atoms. The van der Waals surface area contributed by atoms with Crippen LogP contribution in [-0.2, 0) is 21.3 Å². The summed E-state index contributed by atoms with van der Waals surface area (Å²) in [7, 11) is -1.23. The van der Waals surface area contributed by atoms with E-state index >= 15 is 0 Å². The van der Waals surface area contributed by atoms with Gasteiger partial charge in [-0.1, -0.05) is 24.3 Å². The minimum Gasteiger partial charge on any atom is -0.369 e. The minimum absolute atomic E-state index is 0.0807. The average molecular weight is 279 g/mol. The Hall–Kier alpha value is -1.46. The summed E-state index contributed by atoms with van der Waals surface area (Å²) in [6, 6.07) is 9.91. The number of hydrogen-bond acceptors (Lipinski definition) is 3. The van der Waals surface area contributed by atoms with Crippen molar-refractivity contribution in [3.8, 4) is 11.1 Å². The molecule has 1 atom stereocenters. The minimum atomic E-state index is -1.23. The molecular formula is C13H13NO2S2. The van der Waals surface area contributed by atoms with Gasteiger partial charge in [0.05, 0.1) is 0 Å². The molecule has 0 aliphatic carbocycles. The molecule has 1 heterocycles. The van der Waals surface area contributed by atoms with Crippen LogP contribution in [0.4, 0.5) is 0 Å². The topological polar surface area (TPSA) is 60.2 Å². The number of amides is 1. The smallest absolute Gasteiger partial charge is 0.230 e. The van der Waals surface area contributed by atoms with Crippen LogP contribution in [-0.4, -0.2) is 15.9 Å². The Labute approximate surface area is 112 Å². The van der Waals surface area contributed by atoms with Crippen LogP contribution in [0, 0.1) is 0 Å². The number of carbonyl (C=O) groups is 1. The molecule has 94 valence electrons. The molecule has 0 spiro atoms. The molecule has 1 aromatic carbocycles. The summed E-state index contributed by atoms with van der Waals surface area (Å²) in [4.78, 5) is 10.7. The molecule has 0 aliphatic heterocycles. The lowest BCUT2D eigenvalue weighted by atomic mass is 10.1. The van der Waals surface area contributed by atoms with Gasteiger partial charge < -0.3 is 5.73 Å². The van der Waals surface area contributed by atoms with Gasteiger partial charge in [0.25, 0.3) is 0 Å². The lowest BCUT2D eigenvalue weighted by Crippen LogP contribution is -2.20. The Morgan fingerprint density at radius 1 is 1.28 bits per heavy atom. The van der Waals surface area contributed by atoms with Gasteiger partial charge >= 0.3 is 0 Å². The number of rotatable bonds is 5. The summed E-state index contributed by atoms with van der Waals surface area (Å²) in [5.41, 5.74) is 8.24. The van der Waals surface area contributed by atoms with Gasteiger partial charge in [0.15, 0.2) is 0 Å². The first-order valence-electron chi connectivity index (χ1n) is 5.40. The zero-order chi connectivity index (χ0) is 13.0. The largest absolute Gasteiger partial charge is 0.369 e. The highest BCUT2D eigenvalue weighted by Gasteiger charge is 2.06. The molecule has 3 nitrogen and oxygen atoms in total. The van der Waals surface area contributed by atoms with Gasteiger partial charge in [0.2, 0.25) is 5.91 Å². The molecule has 0 saturated carbocycles. The molecular weight excluding hydrogens is 266 g/mol. The molecule has 1 aromatic heterocycles. The van der Waals surface area contributed by atoms with Gasteiger partial charge in [0.1, 0.15) is 5.75 Å². The third kappa shape index (κ3) is 3.51. The lowest BCUT2D eigenvalue weighted by Gasteiger charge is -2.03. The van der Waals surface area contributed by atoms with Gasteiger partial charge in [0, 0.05) is 16.6 Å². The van der Waals surface area contributed by atoms with Gasteiger partial charge in [-0.2, -0.15) is 11.3 Å². The van der Waals surface area contributed by atoms with E-state index in [9.17, 15) is 9.00 Å². The van der Waals surface area contributed by atoms with Crippen LogP contribution >= 0.6 is 11.3 Å². The number of hydrogen-bond donors (Lipinski definition) is 1. The zero-order valence-corrected chi connectivity index (χ0v) is 11.3. The van der Waals surface area contributed by atoms with Crippen LogP contribution < -0.4 is 5.73 Å². The van der Waals surface area contributed by atoms with Crippen molar-refractivity contribution < 1.29 is 9.00 Å². The van der Waals surface area contributed by atoms with Crippen molar-refractivity contribution in [2.75, 3.05) is 5.75 Å². The third-order valence-electron chi connectivity index (χ3n) is 2.41. The molecule has 0 fully saturated rings. The SMILES string of the molecule is NC(=O)C[S@](=O)Cc1cccc(-c2ccsc2)c1. The summed E-state index contributed by atoms with van der Waals surface area (Å²) >= 11 is 1.64. The van der Waals surface area contributed by atoms with Crippen molar-refractivity contribution >= 4 is 28.0 Å². The van der Waals surface area contributed by atoms with E-state index in [1.165, 1.54) is 0 Å². The van der Waals surface area contributed by atoms with Gasteiger partial charge in [-0.3, -0.25) is 9.00 Å². The molecule has 0 aliphatic rings. The highest BCUT2D eigenvalue weighted by Crippen LogP contribution is 2.23. The van der Waals surface area contributed by atoms with Crippen molar-refractivity contribution in [2.45, 2.75) is 5.75 Å². The maximum Gasteiger partial charge on any atom is 0.230 e. The number of nitrogens with two attached hydrogens (primary N) is 1. The standard InChI is InChI=1S/C13H13NO2S2/c14-13(15)9-18(16)8-10-2-1-3-11(6-10)12-4-5-17-7-12/h1-7H,8-9H2,(H2,14,15)/t18-/m1/s1. The third-order valence-corrected chi connectivity index (χ3v) is 4.36. The van der Waals surface area contributed by atoms with Gasteiger partial charge in [-0.05, 0) is 33.5 Å². The summed E-state index contributed by atoms with van der Waals surface area (Å²) < 4.78 is 11.6. The van der Waals surface area contributed by atoms with Crippen molar-refractivity contribution in [1.29, 1.82) is 0 Å². The van der Waals surface area contributed by atoms with E-state index in [0.29, 0.717) is 5.75 Å². The van der Waals surface area contributed by atoms with E-state index < -0.39 is 16.7 Å². The average Bonchev–Trinajstić information content (AvgIpc) is 2.81. The quantitative estimate of drug-likeness (QED) is 0.911. The Kier molecular flexibility index (Phi) is 4.28. The predicted octanol–water partition coefficient (Wildman–Crippen LogP) is 2.15. The number of primary amides is 1. The Morgan fingerprint density at radius 2 is 2.11 bits per heavy atom. The van der Waals surface area contributed by atoms with Crippen molar-refractivity contribution in [1.82, 2.24) is 0 Å². The zero-order valence-electron chi connectivity index (χ0n) is 9.67. The molecule has 1 amide bonds. The fraction of sp³-hybridized carbons (Fsp3) is 0.154. The van der Waals surface area contributed by atoms with E-state index in [4.69, 9.17) is 5.73 Å². The number of thiophene rings is 1. The maximum absolute atomic E-state index is 11.6. The molecule has 2 aromatic rings. The highest BCUT2D eigenvalue weighted by atomic mass is 32.2. The second-order valence-corrected chi connectivity index (χ2v) is 6.14. The second kappa shape index (κ2) is 5.93. The second-order valence-electron chi connectivity index (χ2n) is 3.91. The first-order valence-corrected chi connectivity index (χ1v) is 7.83. The summed E-state index contributed by atoms with van der Waals surface area (Å²) in [5, 5.41) is 4.09. The Bertz CT molecular complexity index is 564. The Morgan fingerprint density at radius 3 is 2.78 bits per heavy atom. The maximum atomic E-state index is 11.6. The molecule has 0 saturated heterocycles. The molecule has 18 heavy (non-hydrogen) atoms. The molecule has 0 unspecified atom stereocenters. The first kappa shape index (κ1) is 13.0. The van der Waals surface area contributed by atoms with Gasteiger partial charge in [-0.15, -0.1) is 0 Å². The van der Waals surface area contributed by atoms with Crippen LogP contribution in [0.5, 0.6) is 0 Å². The van der Waals surface area contributed by atoms with E-state index in [-0.39, 0.29) is 5.75 Å². The van der Waals surface area contributed by atoms with Crippen LogP contribution in [0.2, 0.25) is 0 Å². The normalized spacial score (nSPS) is 12.2. The van der Waals surface area contributed by atoms with Crippen molar-refractivity contribution in [3.05, 3.63) is 46.7 Å². The van der Waals surface area contributed by atoms with Crippen molar-refractivity contribution in [3.63, 3.8) is 0 Å². The summed E-state index contributed by atoms with van der Waals surface area (Å²) in [6.45, 7) is 0. The summed E-state index contributed by atoms with van der Waals surface area (Å²) in [5.74, 6) is -0.244. The van der Waals surface area contributed by atoms with Crippen LogP contribution in [0.25, 0.3) is 11.1 Å². The molecule has 2 N–H and O–H groups in total. The first-order chi connectivity index (χ1) is 8.65. The van der Waals surface area contributed by atoms with E-state index in [0.717, 1.165) is 16.7 Å². The number of carbonyl (C=O) groups excluding carboxylic acids is 1. The monoisotopic (exact) mass is 279 g/mol. The van der Waals surface area contributed by atoms with E-state index in [2.05, 4.69) is 5.38 Å². The fourth-order valence-corrected chi connectivity index (χ4v) is 3.30. The molecule has 2 rings (SSSR count). The van der Waals surface area contributed by atoms with Crippen LogP contribution in [0.15, 0.2) is 41.1 Å². The predicted molar refractivity (Wildman–Crippen MR) is 75.7 cm³/mol. The number of benzene rings is 1.